The summed E-state index contributed by atoms with van der Waals surface area (Å²) in [5.41, 5.74) is 1.07. The zero-order chi connectivity index (χ0) is 15.1. The van der Waals surface area contributed by atoms with Crippen molar-refractivity contribution in [2.24, 2.45) is 0 Å². The second-order valence-corrected chi connectivity index (χ2v) is 5.72. The Morgan fingerprint density at radius 1 is 1.38 bits per heavy atom. The van der Waals surface area contributed by atoms with E-state index in [0.717, 1.165) is 10.4 Å². The summed E-state index contributed by atoms with van der Waals surface area (Å²) in [4.78, 5) is 18.4. The van der Waals surface area contributed by atoms with Crippen LogP contribution in [0.15, 0.2) is 36.7 Å². The number of rotatable bonds is 7. The van der Waals surface area contributed by atoms with Crippen LogP contribution in [-0.4, -0.2) is 27.5 Å². The summed E-state index contributed by atoms with van der Waals surface area (Å²) in [5, 5.41) is 17.7. The molecule has 2 aromatic heterocycles. The summed E-state index contributed by atoms with van der Waals surface area (Å²) < 4.78 is 0. The standard InChI is InChI=1S/C15H15N3O2S/c16-6-2-8-18(10-12-3-1-7-17-9-12)11-13-4-5-14(21-13)15(19)20/h1,3-5,7,9H,2,8,10-11H2,(H,19,20). The number of thiophene rings is 1. The van der Waals surface area contributed by atoms with Crippen LogP contribution < -0.4 is 0 Å². The van der Waals surface area contributed by atoms with E-state index in [-0.39, 0.29) is 0 Å². The fourth-order valence-corrected chi connectivity index (χ4v) is 2.86. The van der Waals surface area contributed by atoms with E-state index in [1.165, 1.54) is 11.3 Å². The first-order chi connectivity index (χ1) is 10.2. The maximum Gasteiger partial charge on any atom is 0.345 e. The third-order valence-electron chi connectivity index (χ3n) is 2.92. The minimum atomic E-state index is -0.901. The van der Waals surface area contributed by atoms with Gasteiger partial charge in [-0.3, -0.25) is 9.88 Å². The number of hydrogen-bond acceptors (Lipinski definition) is 5. The first kappa shape index (κ1) is 15.2. The minimum absolute atomic E-state index is 0.339. The Labute approximate surface area is 127 Å². The maximum absolute atomic E-state index is 10.9. The van der Waals surface area contributed by atoms with Crippen LogP contribution in [0.4, 0.5) is 0 Å². The third-order valence-corrected chi connectivity index (χ3v) is 3.98. The zero-order valence-electron chi connectivity index (χ0n) is 11.4. The zero-order valence-corrected chi connectivity index (χ0v) is 12.2. The summed E-state index contributed by atoms with van der Waals surface area (Å²) in [6.07, 6.45) is 3.97. The number of nitrogens with zero attached hydrogens (tertiary/aromatic N) is 3. The Kier molecular flexibility index (Phi) is 5.43. The smallest absolute Gasteiger partial charge is 0.345 e. The van der Waals surface area contributed by atoms with Crippen LogP contribution in [0.25, 0.3) is 0 Å². The molecular weight excluding hydrogens is 286 g/mol. The molecule has 0 bridgehead atoms. The predicted molar refractivity (Wildman–Crippen MR) is 79.9 cm³/mol. The van der Waals surface area contributed by atoms with E-state index >= 15 is 0 Å². The molecule has 0 fully saturated rings. The number of carboxylic acid groups (broad SMARTS) is 1. The topological polar surface area (TPSA) is 77.2 Å². The molecule has 21 heavy (non-hydrogen) atoms. The fourth-order valence-electron chi connectivity index (χ4n) is 1.97. The van der Waals surface area contributed by atoms with Crippen LogP contribution >= 0.6 is 11.3 Å². The van der Waals surface area contributed by atoms with Crippen molar-refractivity contribution in [1.82, 2.24) is 9.88 Å². The lowest BCUT2D eigenvalue weighted by Crippen LogP contribution is -2.23. The van der Waals surface area contributed by atoms with Crippen molar-refractivity contribution in [2.45, 2.75) is 19.5 Å². The van der Waals surface area contributed by atoms with Crippen molar-refractivity contribution in [1.29, 1.82) is 5.26 Å². The minimum Gasteiger partial charge on any atom is -0.477 e. The van der Waals surface area contributed by atoms with Crippen LogP contribution in [0, 0.1) is 11.3 Å². The van der Waals surface area contributed by atoms with E-state index in [2.05, 4.69) is 16.0 Å². The van der Waals surface area contributed by atoms with Crippen LogP contribution in [0.2, 0.25) is 0 Å². The largest absolute Gasteiger partial charge is 0.477 e. The van der Waals surface area contributed by atoms with Gasteiger partial charge in [-0.25, -0.2) is 4.79 Å². The molecule has 5 nitrogen and oxygen atoms in total. The molecule has 0 spiro atoms. The number of pyridine rings is 1. The molecule has 2 aromatic rings. The van der Waals surface area contributed by atoms with Gasteiger partial charge in [0.2, 0.25) is 0 Å². The number of aromatic carboxylic acids is 1. The summed E-state index contributed by atoms with van der Waals surface area (Å²) in [5.74, 6) is -0.901. The molecule has 0 aromatic carbocycles. The van der Waals surface area contributed by atoms with Gasteiger partial charge >= 0.3 is 5.97 Å². The van der Waals surface area contributed by atoms with Gasteiger partial charge in [0.25, 0.3) is 0 Å². The summed E-state index contributed by atoms with van der Waals surface area (Å²) in [6.45, 7) is 1.97. The number of nitriles is 1. The molecule has 0 amide bonds. The highest BCUT2D eigenvalue weighted by atomic mass is 32.1. The van der Waals surface area contributed by atoms with Crippen molar-refractivity contribution in [2.75, 3.05) is 6.54 Å². The van der Waals surface area contributed by atoms with Crippen molar-refractivity contribution < 1.29 is 9.90 Å². The normalized spacial score (nSPS) is 10.5. The molecule has 0 atom stereocenters. The number of carboxylic acids is 1. The van der Waals surface area contributed by atoms with E-state index in [0.29, 0.717) is 30.9 Å². The van der Waals surface area contributed by atoms with Gasteiger partial charge in [0.15, 0.2) is 0 Å². The fraction of sp³-hybridized carbons (Fsp3) is 0.267. The van der Waals surface area contributed by atoms with Crippen molar-refractivity contribution >= 4 is 17.3 Å². The number of carbonyl (C=O) groups is 1. The maximum atomic E-state index is 10.9. The van der Waals surface area contributed by atoms with Gasteiger partial charge in [0.05, 0.1) is 6.07 Å². The lowest BCUT2D eigenvalue weighted by atomic mass is 10.2. The molecule has 2 heterocycles. The van der Waals surface area contributed by atoms with Gasteiger partial charge in [-0.2, -0.15) is 5.26 Å². The highest BCUT2D eigenvalue weighted by molar-refractivity contribution is 7.13. The third kappa shape index (κ3) is 4.67. The van der Waals surface area contributed by atoms with E-state index in [4.69, 9.17) is 10.4 Å². The monoisotopic (exact) mass is 301 g/mol. The molecular formula is C15H15N3O2S. The van der Waals surface area contributed by atoms with E-state index < -0.39 is 5.97 Å². The highest BCUT2D eigenvalue weighted by Gasteiger charge is 2.11. The molecule has 0 aliphatic carbocycles. The Morgan fingerprint density at radius 2 is 2.24 bits per heavy atom. The molecule has 0 aliphatic heterocycles. The molecule has 108 valence electrons. The molecule has 0 saturated carbocycles. The predicted octanol–water partition coefficient (Wildman–Crippen LogP) is 2.76. The van der Waals surface area contributed by atoms with Crippen molar-refractivity contribution in [3.05, 3.63) is 52.0 Å². The summed E-state index contributed by atoms with van der Waals surface area (Å²) in [7, 11) is 0. The Bertz CT molecular complexity index is 634. The van der Waals surface area contributed by atoms with Crippen molar-refractivity contribution in [3.63, 3.8) is 0 Å². The molecule has 6 heteroatoms. The van der Waals surface area contributed by atoms with Crippen LogP contribution in [0.5, 0.6) is 0 Å². The van der Waals surface area contributed by atoms with Gasteiger partial charge in [-0.15, -0.1) is 11.3 Å². The second kappa shape index (κ2) is 7.53. The summed E-state index contributed by atoms with van der Waals surface area (Å²) >= 11 is 1.27. The van der Waals surface area contributed by atoms with Gasteiger partial charge in [-0.1, -0.05) is 6.07 Å². The van der Waals surface area contributed by atoms with Crippen molar-refractivity contribution in [3.8, 4) is 6.07 Å². The van der Waals surface area contributed by atoms with Crippen LogP contribution in [0.1, 0.15) is 26.5 Å². The van der Waals surface area contributed by atoms with Gasteiger partial charge in [0.1, 0.15) is 4.88 Å². The molecule has 0 radical (unpaired) electrons. The van der Waals surface area contributed by atoms with Crippen LogP contribution in [0.3, 0.4) is 0 Å². The summed E-state index contributed by atoms with van der Waals surface area (Å²) in [6, 6.07) is 9.47. The lowest BCUT2D eigenvalue weighted by molar-refractivity contribution is 0.0702. The second-order valence-electron chi connectivity index (χ2n) is 4.55. The van der Waals surface area contributed by atoms with Crippen LogP contribution in [-0.2, 0) is 13.1 Å². The Hall–Kier alpha value is -2.23. The number of hydrogen-bond donors (Lipinski definition) is 1. The van der Waals surface area contributed by atoms with Gasteiger partial charge < -0.3 is 5.11 Å². The molecule has 2 rings (SSSR count). The first-order valence-electron chi connectivity index (χ1n) is 6.49. The Balaban J connectivity index is 2.05. The molecule has 0 saturated heterocycles. The van der Waals surface area contributed by atoms with Gasteiger partial charge in [-0.05, 0) is 23.8 Å². The van der Waals surface area contributed by atoms with E-state index in [1.807, 2.05) is 18.2 Å². The van der Waals surface area contributed by atoms with E-state index in [1.54, 1.807) is 18.5 Å². The van der Waals surface area contributed by atoms with Gasteiger partial charge in [0, 0.05) is 43.3 Å². The quantitative estimate of drug-likeness (QED) is 0.851. The van der Waals surface area contributed by atoms with E-state index in [9.17, 15) is 4.79 Å². The Morgan fingerprint density at radius 3 is 2.86 bits per heavy atom. The molecule has 0 aliphatic rings. The molecule has 1 N–H and O–H groups in total. The number of aromatic nitrogens is 1. The molecule has 0 unspecified atom stereocenters. The average Bonchev–Trinajstić information content (AvgIpc) is 2.94. The highest BCUT2D eigenvalue weighted by Crippen LogP contribution is 2.19. The average molecular weight is 301 g/mol. The lowest BCUT2D eigenvalue weighted by Gasteiger charge is -2.20. The first-order valence-corrected chi connectivity index (χ1v) is 7.31. The SMILES string of the molecule is N#CCCN(Cc1cccnc1)Cc1ccc(C(=O)O)s1.